The van der Waals surface area contributed by atoms with Crippen LogP contribution in [0, 0.1) is 0 Å². The molecule has 0 aliphatic heterocycles. The van der Waals surface area contributed by atoms with Crippen LogP contribution in [0.2, 0.25) is 0 Å². The molecule has 0 amide bonds. The van der Waals surface area contributed by atoms with Crippen LogP contribution in [-0.2, 0) is 11.3 Å². The second-order valence-corrected chi connectivity index (χ2v) is 4.42. The van der Waals surface area contributed by atoms with Gasteiger partial charge in [0, 0.05) is 32.2 Å². The van der Waals surface area contributed by atoms with Crippen LogP contribution in [0.3, 0.4) is 0 Å². The van der Waals surface area contributed by atoms with Gasteiger partial charge in [-0.2, -0.15) is 0 Å². The number of hydrogen-bond acceptors (Lipinski definition) is 3. The maximum absolute atomic E-state index is 5.33. The van der Waals surface area contributed by atoms with Crippen LogP contribution in [0.5, 0.6) is 0 Å². The first-order valence-electron chi connectivity index (χ1n) is 5.54. The summed E-state index contributed by atoms with van der Waals surface area (Å²) in [6, 6.07) is 4.16. The summed E-state index contributed by atoms with van der Waals surface area (Å²) in [5, 5.41) is 2.08. The van der Waals surface area contributed by atoms with Gasteiger partial charge in [0.2, 0.25) is 0 Å². The molecule has 2 aromatic rings. The van der Waals surface area contributed by atoms with Crippen molar-refractivity contribution in [1.29, 1.82) is 0 Å². The molecule has 0 aliphatic rings. The maximum Gasteiger partial charge on any atom is 0.149 e. The average molecular weight is 236 g/mol. The Morgan fingerprint density at radius 3 is 3.19 bits per heavy atom. The van der Waals surface area contributed by atoms with Crippen LogP contribution >= 0.6 is 11.3 Å². The lowest BCUT2D eigenvalue weighted by atomic mass is 10.4. The SMILES string of the molecule is CCOCCCn1ccnc1-c1cccs1. The van der Waals surface area contributed by atoms with E-state index in [0.29, 0.717) is 0 Å². The van der Waals surface area contributed by atoms with Crippen LogP contribution in [0.15, 0.2) is 29.9 Å². The molecular weight excluding hydrogens is 220 g/mol. The van der Waals surface area contributed by atoms with Gasteiger partial charge in [0.1, 0.15) is 5.82 Å². The Kier molecular flexibility index (Phi) is 4.13. The highest BCUT2D eigenvalue weighted by Crippen LogP contribution is 2.22. The smallest absolute Gasteiger partial charge is 0.149 e. The number of imidazole rings is 1. The van der Waals surface area contributed by atoms with E-state index < -0.39 is 0 Å². The Balaban J connectivity index is 1.97. The van der Waals surface area contributed by atoms with E-state index in [4.69, 9.17) is 4.74 Å². The van der Waals surface area contributed by atoms with E-state index in [0.717, 1.165) is 32.0 Å². The average Bonchev–Trinajstić information content (AvgIpc) is 2.94. The van der Waals surface area contributed by atoms with E-state index in [-0.39, 0.29) is 0 Å². The Bertz CT molecular complexity index is 408. The van der Waals surface area contributed by atoms with Gasteiger partial charge in [-0.1, -0.05) is 6.07 Å². The number of aryl methyl sites for hydroxylation is 1. The van der Waals surface area contributed by atoms with Crippen molar-refractivity contribution in [1.82, 2.24) is 9.55 Å². The molecule has 86 valence electrons. The minimum Gasteiger partial charge on any atom is -0.382 e. The zero-order valence-corrected chi connectivity index (χ0v) is 10.2. The van der Waals surface area contributed by atoms with E-state index >= 15 is 0 Å². The molecule has 0 unspecified atom stereocenters. The lowest BCUT2D eigenvalue weighted by molar-refractivity contribution is 0.142. The van der Waals surface area contributed by atoms with Gasteiger partial charge in [-0.3, -0.25) is 0 Å². The fraction of sp³-hybridized carbons (Fsp3) is 0.417. The lowest BCUT2D eigenvalue weighted by Gasteiger charge is -2.06. The molecule has 16 heavy (non-hydrogen) atoms. The molecule has 3 nitrogen and oxygen atoms in total. The molecule has 0 spiro atoms. The lowest BCUT2D eigenvalue weighted by Crippen LogP contribution is -2.03. The predicted molar refractivity (Wildman–Crippen MR) is 66.7 cm³/mol. The minimum atomic E-state index is 0.793. The Hall–Kier alpha value is -1.13. The second-order valence-electron chi connectivity index (χ2n) is 3.47. The quantitative estimate of drug-likeness (QED) is 0.721. The highest BCUT2D eigenvalue weighted by atomic mass is 32.1. The maximum atomic E-state index is 5.33. The minimum absolute atomic E-state index is 0.793. The number of aromatic nitrogens is 2. The van der Waals surface area contributed by atoms with Gasteiger partial charge in [-0.05, 0) is 24.8 Å². The molecule has 0 atom stereocenters. The first-order chi connectivity index (χ1) is 7.92. The zero-order chi connectivity index (χ0) is 11.2. The molecule has 0 aromatic carbocycles. The molecule has 0 radical (unpaired) electrons. The van der Waals surface area contributed by atoms with Crippen molar-refractivity contribution >= 4 is 11.3 Å². The second kappa shape index (κ2) is 5.82. The van der Waals surface area contributed by atoms with Crippen molar-refractivity contribution in [2.45, 2.75) is 19.9 Å². The van der Waals surface area contributed by atoms with Crippen molar-refractivity contribution in [2.75, 3.05) is 13.2 Å². The van der Waals surface area contributed by atoms with E-state index in [1.807, 2.05) is 19.3 Å². The molecule has 0 saturated carbocycles. The molecule has 0 aliphatic carbocycles. The summed E-state index contributed by atoms with van der Waals surface area (Å²) in [5.41, 5.74) is 0. The van der Waals surface area contributed by atoms with Crippen molar-refractivity contribution in [3.8, 4) is 10.7 Å². The summed E-state index contributed by atoms with van der Waals surface area (Å²) in [6.45, 7) is 4.60. The van der Waals surface area contributed by atoms with Gasteiger partial charge in [0.25, 0.3) is 0 Å². The largest absolute Gasteiger partial charge is 0.382 e. The summed E-state index contributed by atoms with van der Waals surface area (Å²) in [4.78, 5) is 5.61. The number of nitrogens with zero attached hydrogens (tertiary/aromatic N) is 2. The molecule has 0 fully saturated rings. The standard InChI is InChI=1S/C12H16N2OS/c1-2-15-9-4-7-14-8-6-13-12(14)11-5-3-10-16-11/h3,5-6,8,10H,2,4,7,9H2,1H3. The Morgan fingerprint density at radius 1 is 1.50 bits per heavy atom. The molecule has 0 bridgehead atoms. The molecular formula is C12H16N2OS. The number of thiophene rings is 1. The fourth-order valence-corrected chi connectivity index (χ4v) is 2.34. The number of hydrogen-bond donors (Lipinski definition) is 0. The van der Waals surface area contributed by atoms with Gasteiger partial charge < -0.3 is 9.30 Å². The Labute approximate surface area is 99.7 Å². The molecule has 4 heteroatoms. The highest BCUT2D eigenvalue weighted by Gasteiger charge is 2.05. The molecule has 2 heterocycles. The van der Waals surface area contributed by atoms with Crippen LogP contribution < -0.4 is 0 Å². The molecule has 2 aromatic heterocycles. The molecule has 2 rings (SSSR count). The van der Waals surface area contributed by atoms with E-state index in [2.05, 4.69) is 27.1 Å². The zero-order valence-electron chi connectivity index (χ0n) is 9.43. The number of ether oxygens (including phenoxy) is 1. The van der Waals surface area contributed by atoms with Crippen LogP contribution in [0.25, 0.3) is 10.7 Å². The molecule has 0 saturated heterocycles. The van der Waals surface area contributed by atoms with Gasteiger partial charge >= 0.3 is 0 Å². The van der Waals surface area contributed by atoms with E-state index in [1.165, 1.54) is 4.88 Å². The highest BCUT2D eigenvalue weighted by molar-refractivity contribution is 7.13. The Morgan fingerprint density at radius 2 is 2.44 bits per heavy atom. The summed E-state index contributed by atoms with van der Waals surface area (Å²) in [7, 11) is 0. The van der Waals surface area contributed by atoms with Crippen LogP contribution in [0.1, 0.15) is 13.3 Å². The summed E-state index contributed by atoms with van der Waals surface area (Å²) in [6.07, 6.45) is 4.92. The first-order valence-corrected chi connectivity index (χ1v) is 6.42. The van der Waals surface area contributed by atoms with Gasteiger partial charge in [0.15, 0.2) is 0 Å². The predicted octanol–water partition coefficient (Wildman–Crippen LogP) is 3.04. The van der Waals surface area contributed by atoms with Crippen molar-refractivity contribution in [3.05, 3.63) is 29.9 Å². The van der Waals surface area contributed by atoms with Gasteiger partial charge in [0.05, 0.1) is 4.88 Å². The van der Waals surface area contributed by atoms with Gasteiger partial charge in [-0.15, -0.1) is 11.3 Å². The normalized spacial score (nSPS) is 10.8. The van der Waals surface area contributed by atoms with Crippen molar-refractivity contribution < 1.29 is 4.74 Å². The summed E-state index contributed by atoms with van der Waals surface area (Å²) < 4.78 is 7.52. The van der Waals surface area contributed by atoms with Crippen molar-refractivity contribution in [3.63, 3.8) is 0 Å². The van der Waals surface area contributed by atoms with Crippen molar-refractivity contribution in [2.24, 2.45) is 0 Å². The third kappa shape index (κ3) is 2.71. The molecule has 0 N–H and O–H groups in total. The number of rotatable bonds is 6. The van der Waals surface area contributed by atoms with E-state index in [1.54, 1.807) is 11.3 Å². The summed E-state index contributed by atoms with van der Waals surface area (Å²) >= 11 is 1.72. The topological polar surface area (TPSA) is 27.1 Å². The monoisotopic (exact) mass is 236 g/mol. The fourth-order valence-electron chi connectivity index (χ4n) is 1.60. The first kappa shape index (κ1) is 11.4. The van der Waals surface area contributed by atoms with Gasteiger partial charge in [-0.25, -0.2) is 4.98 Å². The van der Waals surface area contributed by atoms with Crippen LogP contribution in [0.4, 0.5) is 0 Å². The van der Waals surface area contributed by atoms with E-state index in [9.17, 15) is 0 Å². The third-order valence-electron chi connectivity index (χ3n) is 2.35. The third-order valence-corrected chi connectivity index (χ3v) is 3.21. The summed E-state index contributed by atoms with van der Waals surface area (Å²) in [5.74, 6) is 1.06. The van der Waals surface area contributed by atoms with Crippen LogP contribution in [-0.4, -0.2) is 22.8 Å².